The zero-order valence-electron chi connectivity index (χ0n) is 11.9. The second-order valence-corrected chi connectivity index (χ2v) is 5.91. The molecule has 0 aromatic carbocycles. The van der Waals surface area contributed by atoms with Crippen molar-refractivity contribution in [2.24, 2.45) is 17.6 Å². The maximum Gasteiger partial charge on any atom is 0.310 e. The molecule has 3 N–H and O–H groups in total. The summed E-state index contributed by atoms with van der Waals surface area (Å²) in [6.07, 6.45) is 4.97. The third-order valence-corrected chi connectivity index (χ3v) is 4.43. The van der Waals surface area contributed by atoms with E-state index >= 15 is 0 Å². The molecule has 1 saturated carbocycles. The van der Waals surface area contributed by atoms with Crippen LogP contribution in [-0.2, 0) is 9.53 Å². The number of hydrogen-bond acceptors (Lipinski definition) is 5. The molecule has 0 aromatic rings. The number of carbonyl (C=O) groups excluding carboxylic acids is 1. The Morgan fingerprint density at radius 2 is 2.21 bits per heavy atom. The van der Waals surface area contributed by atoms with Gasteiger partial charge in [-0.2, -0.15) is 0 Å². The molecule has 0 radical (unpaired) electrons. The molecule has 0 amide bonds. The van der Waals surface area contributed by atoms with E-state index in [-0.39, 0.29) is 11.9 Å². The Bertz CT molecular complexity index is 294. The molecule has 0 aromatic heterocycles. The molecular weight excluding hydrogens is 242 g/mol. The lowest BCUT2D eigenvalue weighted by Crippen LogP contribution is -2.53. The molecule has 1 saturated heterocycles. The Morgan fingerprint density at radius 3 is 2.79 bits per heavy atom. The summed E-state index contributed by atoms with van der Waals surface area (Å²) in [7, 11) is 1.47. The molecule has 2 aliphatic rings. The van der Waals surface area contributed by atoms with E-state index in [1.54, 1.807) is 0 Å². The molecule has 2 unspecified atom stereocenters. The smallest absolute Gasteiger partial charge is 0.310 e. The minimum Gasteiger partial charge on any atom is -0.469 e. The quantitative estimate of drug-likeness (QED) is 0.674. The van der Waals surface area contributed by atoms with Gasteiger partial charge >= 0.3 is 5.97 Å². The highest BCUT2D eigenvalue weighted by Crippen LogP contribution is 2.26. The van der Waals surface area contributed by atoms with Crippen molar-refractivity contribution < 1.29 is 9.53 Å². The van der Waals surface area contributed by atoms with Gasteiger partial charge in [-0.05, 0) is 31.7 Å². The molecule has 2 atom stereocenters. The second kappa shape index (κ2) is 7.22. The van der Waals surface area contributed by atoms with E-state index in [9.17, 15) is 4.79 Å². The van der Waals surface area contributed by atoms with Crippen molar-refractivity contribution >= 4 is 5.97 Å². The summed E-state index contributed by atoms with van der Waals surface area (Å²) in [5, 5.41) is 3.63. The van der Waals surface area contributed by atoms with E-state index in [0.29, 0.717) is 12.6 Å². The molecule has 110 valence electrons. The maximum atomic E-state index is 11.8. The predicted octanol–water partition coefficient (Wildman–Crippen LogP) is 0.198. The highest BCUT2D eigenvalue weighted by Gasteiger charge is 2.32. The average Bonchev–Trinajstić information content (AvgIpc) is 2.36. The van der Waals surface area contributed by atoms with Crippen molar-refractivity contribution in [2.45, 2.75) is 31.7 Å². The van der Waals surface area contributed by atoms with Crippen LogP contribution in [0.4, 0.5) is 0 Å². The molecule has 5 heteroatoms. The van der Waals surface area contributed by atoms with Crippen molar-refractivity contribution in [3.63, 3.8) is 0 Å². The predicted molar refractivity (Wildman–Crippen MR) is 74.7 cm³/mol. The third kappa shape index (κ3) is 4.16. The van der Waals surface area contributed by atoms with E-state index < -0.39 is 0 Å². The van der Waals surface area contributed by atoms with Crippen LogP contribution in [0, 0.1) is 11.8 Å². The van der Waals surface area contributed by atoms with Crippen LogP contribution >= 0.6 is 0 Å². The minimum absolute atomic E-state index is 0.0100. The highest BCUT2D eigenvalue weighted by molar-refractivity contribution is 5.72. The summed E-state index contributed by atoms with van der Waals surface area (Å²) in [6.45, 7) is 4.37. The Balaban J connectivity index is 1.83. The molecular formula is C14H27N3O2. The van der Waals surface area contributed by atoms with Gasteiger partial charge in [-0.1, -0.05) is 6.42 Å². The SMILES string of the molecule is COC(=O)C1CC(NCC2CCC2)CN(CCN)C1. The van der Waals surface area contributed by atoms with E-state index in [1.807, 2.05) is 0 Å². The molecule has 0 bridgehead atoms. The Morgan fingerprint density at radius 1 is 1.42 bits per heavy atom. The van der Waals surface area contributed by atoms with Crippen LogP contribution in [0.15, 0.2) is 0 Å². The lowest BCUT2D eigenvalue weighted by atomic mass is 9.85. The lowest BCUT2D eigenvalue weighted by Gasteiger charge is -2.38. The Kier molecular flexibility index (Phi) is 5.60. The Labute approximate surface area is 115 Å². The molecule has 1 aliphatic carbocycles. The molecule has 1 heterocycles. The molecule has 1 aliphatic heterocycles. The van der Waals surface area contributed by atoms with Gasteiger partial charge in [0.05, 0.1) is 13.0 Å². The van der Waals surface area contributed by atoms with Crippen LogP contribution in [0.25, 0.3) is 0 Å². The number of esters is 1. The monoisotopic (exact) mass is 269 g/mol. The molecule has 2 fully saturated rings. The van der Waals surface area contributed by atoms with E-state index in [0.717, 1.165) is 38.5 Å². The number of nitrogens with two attached hydrogens (primary N) is 1. The van der Waals surface area contributed by atoms with Gasteiger partial charge in [0.15, 0.2) is 0 Å². The summed E-state index contributed by atoms with van der Waals surface area (Å²) in [4.78, 5) is 14.0. The van der Waals surface area contributed by atoms with E-state index in [2.05, 4.69) is 10.2 Å². The van der Waals surface area contributed by atoms with Crippen molar-refractivity contribution in [1.29, 1.82) is 0 Å². The van der Waals surface area contributed by atoms with Crippen LogP contribution in [0.1, 0.15) is 25.7 Å². The van der Waals surface area contributed by atoms with Crippen LogP contribution in [0.2, 0.25) is 0 Å². The van der Waals surface area contributed by atoms with Gasteiger partial charge in [-0.15, -0.1) is 0 Å². The molecule has 5 nitrogen and oxygen atoms in total. The number of methoxy groups -OCH3 is 1. The van der Waals surface area contributed by atoms with Crippen molar-refractivity contribution in [1.82, 2.24) is 10.2 Å². The number of hydrogen-bond donors (Lipinski definition) is 2. The van der Waals surface area contributed by atoms with Gasteiger partial charge in [0.25, 0.3) is 0 Å². The fourth-order valence-corrected chi connectivity index (χ4v) is 3.07. The van der Waals surface area contributed by atoms with Crippen molar-refractivity contribution in [2.75, 3.05) is 39.8 Å². The number of nitrogens with one attached hydrogen (secondary N) is 1. The zero-order valence-corrected chi connectivity index (χ0v) is 11.9. The summed E-state index contributed by atoms with van der Waals surface area (Å²) >= 11 is 0. The van der Waals surface area contributed by atoms with Crippen molar-refractivity contribution in [3.8, 4) is 0 Å². The number of ether oxygens (including phenoxy) is 1. The van der Waals surface area contributed by atoms with Crippen LogP contribution < -0.4 is 11.1 Å². The summed E-state index contributed by atoms with van der Waals surface area (Å²) in [5.74, 6) is 0.753. The van der Waals surface area contributed by atoms with Crippen LogP contribution in [0.5, 0.6) is 0 Å². The lowest BCUT2D eigenvalue weighted by molar-refractivity contribution is -0.147. The molecule has 0 spiro atoms. The van der Waals surface area contributed by atoms with Crippen LogP contribution in [0.3, 0.4) is 0 Å². The zero-order chi connectivity index (χ0) is 13.7. The number of piperidine rings is 1. The normalized spacial score (nSPS) is 28.9. The van der Waals surface area contributed by atoms with E-state index in [4.69, 9.17) is 10.5 Å². The first-order chi connectivity index (χ1) is 9.22. The van der Waals surface area contributed by atoms with Gasteiger partial charge < -0.3 is 15.8 Å². The maximum absolute atomic E-state index is 11.8. The van der Waals surface area contributed by atoms with Gasteiger partial charge in [0.1, 0.15) is 0 Å². The molecule has 2 rings (SSSR count). The summed E-state index contributed by atoms with van der Waals surface area (Å²) in [6, 6.07) is 0.394. The first kappa shape index (κ1) is 14.8. The topological polar surface area (TPSA) is 67.6 Å². The van der Waals surface area contributed by atoms with E-state index in [1.165, 1.54) is 26.4 Å². The number of rotatable bonds is 6. The minimum atomic E-state index is -0.0860. The summed E-state index contributed by atoms with van der Waals surface area (Å²) < 4.78 is 4.90. The molecule has 19 heavy (non-hydrogen) atoms. The Hall–Kier alpha value is -0.650. The summed E-state index contributed by atoms with van der Waals surface area (Å²) in [5.41, 5.74) is 5.63. The third-order valence-electron chi connectivity index (χ3n) is 4.43. The first-order valence-electron chi connectivity index (χ1n) is 7.46. The number of nitrogens with zero attached hydrogens (tertiary/aromatic N) is 1. The first-order valence-corrected chi connectivity index (χ1v) is 7.46. The fraction of sp³-hybridized carbons (Fsp3) is 0.929. The average molecular weight is 269 g/mol. The largest absolute Gasteiger partial charge is 0.469 e. The number of carbonyl (C=O) groups is 1. The van der Waals surface area contributed by atoms with Gasteiger partial charge in [-0.25, -0.2) is 0 Å². The van der Waals surface area contributed by atoms with Gasteiger partial charge in [0, 0.05) is 32.2 Å². The fourth-order valence-electron chi connectivity index (χ4n) is 3.07. The second-order valence-electron chi connectivity index (χ2n) is 5.91. The standard InChI is InChI=1S/C14H27N3O2/c1-19-14(18)12-7-13(10-17(9-12)6-5-15)16-8-11-3-2-4-11/h11-13,16H,2-10,15H2,1H3. The van der Waals surface area contributed by atoms with Gasteiger partial charge in [0.2, 0.25) is 0 Å². The highest BCUT2D eigenvalue weighted by atomic mass is 16.5. The van der Waals surface area contributed by atoms with Crippen molar-refractivity contribution in [3.05, 3.63) is 0 Å². The van der Waals surface area contributed by atoms with Gasteiger partial charge in [-0.3, -0.25) is 9.69 Å². The number of likely N-dealkylation sites (tertiary alicyclic amines) is 1. The van der Waals surface area contributed by atoms with Crippen LogP contribution in [-0.4, -0.2) is 56.7 Å².